The van der Waals surface area contributed by atoms with Crippen LogP contribution >= 0.6 is 35.7 Å². The fourth-order valence-electron chi connectivity index (χ4n) is 3.10. The number of aliphatic hydroxyl groups excluding tert-OH is 1. The number of para-hydroxylation sites is 1. The summed E-state index contributed by atoms with van der Waals surface area (Å²) in [5.41, 5.74) is 0.0116. The van der Waals surface area contributed by atoms with Gasteiger partial charge in [-0.3, -0.25) is 4.99 Å². The molecule has 0 radical (unpaired) electrons. The summed E-state index contributed by atoms with van der Waals surface area (Å²) in [6.07, 6.45) is 1.73. The number of nitrogens with zero attached hydrogens (tertiary/aromatic N) is 1. The van der Waals surface area contributed by atoms with Crippen molar-refractivity contribution in [2.45, 2.75) is 24.7 Å². The van der Waals surface area contributed by atoms with E-state index in [0.717, 1.165) is 50.0 Å². The molecule has 1 aliphatic heterocycles. The Balaban J connectivity index is 0.00000392. The SMILES string of the molecule is CN=C(NCC(C)CSc1ccccc1OC)NCC1(CCO)CCOC1.I. The summed E-state index contributed by atoms with van der Waals surface area (Å²) in [4.78, 5) is 5.49. The van der Waals surface area contributed by atoms with Gasteiger partial charge in [-0.1, -0.05) is 19.1 Å². The molecule has 1 saturated heterocycles. The molecule has 6 nitrogen and oxygen atoms in total. The average Bonchev–Trinajstić information content (AvgIpc) is 3.15. The zero-order valence-electron chi connectivity index (χ0n) is 17.1. The third kappa shape index (κ3) is 7.96. The number of thioether (sulfide) groups is 1. The number of methoxy groups -OCH3 is 1. The third-order valence-electron chi connectivity index (χ3n) is 4.89. The van der Waals surface area contributed by atoms with Crippen LogP contribution in [0, 0.1) is 11.3 Å². The van der Waals surface area contributed by atoms with Gasteiger partial charge in [0.15, 0.2) is 5.96 Å². The largest absolute Gasteiger partial charge is 0.496 e. The second-order valence-corrected chi connectivity index (χ2v) is 8.21. The molecule has 0 aliphatic carbocycles. The van der Waals surface area contributed by atoms with Crippen molar-refractivity contribution in [2.75, 3.05) is 52.8 Å². The van der Waals surface area contributed by atoms with Crippen LogP contribution in [0.2, 0.25) is 0 Å². The van der Waals surface area contributed by atoms with Gasteiger partial charge in [-0.05, 0) is 30.9 Å². The second-order valence-electron chi connectivity index (χ2n) is 7.15. The molecule has 1 fully saturated rings. The Morgan fingerprint density at radius 2 is 2.18 bits per heavy atom. The molecule has 8 heteroatoms. The van der Waals surface area contributed by atoms with Crippen LogP contribution in [0.3, 0.4) is 0 Å². The van der Waals surface area contributed by atoms with Crippen LogP contribution < -0.4 is 15.4 Å². The number of aliphatic hydroxyl groups is 1. The smallest absolute Gasteiger partial charge is 0.191 e. The minimum Gasteiger partial charge on any atom is -0.496 e. The molecule has 2 rings (SSSR count). The summed E-state index contributed by atoms with van der Waals surface area (Å²) in [6.45, 7) is 5.48. The van der Waals surface area contributed by atoms with E-state index in [1.807, 2.05) is 30.0 Å². The van der Waals surface area contributed by atoms with Crippen molar-refractivity contribution in [1.29, 1.82) is 0 Å². The van der Waals surface area contributed by atoms with Crippen molar-refractivity contribution in [2.24, 2.45) is 16.3 Å². The Morgan fingerprint density at radius 3 is 2.82 bits per heavy atom. The fourth-order valence-corrected chi connectivity index (χ4v) is 4.15. The number of nitrogens with one attached hydrogen (secondary N) is 2. The van der Waals surface area contributed by atoms with Gasteiger partial charge in [0.2, 0.25) is 0 Å². The van der Waals surface area contributed by atoms with Crippen molar-refractivity contribution >= 4 is 41.7 Å². The Hall–Kier alpha value is -0.710. The van der Waals surface area contributed by atoms with Crippen LogP contribution in [-0.4, -0.2) is 63.9 Å². The van der Waals surface area contributed by atoms with E-state index in [9.17, 15) is 5.11 Å². The lowest BCUT2D eigenvalue weighted by Gasteiger charge is -2.28. The first-order valence-electron chi connectivity index (χ1n) is 9.51. The Labute approximate surface area is 190 Å². The average molecular weight is 523 g/mol. The van der Waals surface area contributed by atoms with Crippen LogP contribution in [-0.2, 0) is 4.74 Å². The lowest BCUT2D eigenvalue weighted by Crippen LogP contribution is -2.45. The van der Waals surface area contributed by atoms with Gasteiger partial charge in [0.1, 0.15) is 5.75 Å². The predicted molar refractivity (Wildman–Crippen MR) is 127 cm³/mol. The maximum absolute atomic E-state index is 9.34. The van der Waals surface area contributed by atoms with E-state index >= 15 is 0 Å². The number of guanidine groups is 1. The number of hydrogen-bond donors (Lipinski definition) is 3. The van der Waals surface area contributed by atoms with Crippen molar-refractivity contribution < 1.29 is 14.6 Å². The molecule has 0 saturated carbocycles. The minimum absolute atomic E-state index is 0. The zero-order valence-corrected chi connectivity index (χ0v) is 20.2. The third-order valence-corrected chi connectivity index (χ3v) is 6.28. The highest BCUT2D eigenvalue weighted by Crippen LogP contribution is 2.31. The Bertz CT molecular complexity index is 598. The molecule has 2 unspecified atom stereocenters. The van der Waals surface area contributed by atoms with Gasteiger partial charge >= 0.3 is 0 Å². The van der Waals surface area contributed by atoms with Crippen molar-refractivity contribution in [1.82, 2.24) is 10.6 Å². The zero-order chi connectivity index (χ0) is 19.5. The van der Waals surface area contributed by atoms with Gasteiger partial charge in [-0.25, -0.2) is 0 Å². The molecular formula is C20H34IN3O3S. The highest BCUT2D eigenvalue weighted by molar-refractivity contribution is 14.0. The molecule has 1 aromatic carbocycles. The highest BCUT2D eigenvalue weighted by Gasteiger charge is 2.34. The van der Waals surface area contributed by atoms with E-state index < -0.39 is 0 Å². The standard InChI is InChI=1S/C20H33N3O3S.HI/c1-16(13-27-18-7-5-4-6-17(18)25-3)12-22-19(21-2)23-14-20(8-10-24)9-11-26-15-20;/h4-7,16,24H,8-15H2,1-3H3,(H2,21,22,23);1H. The first-order chi connectivity index (χ1) is 13.1. The number of halogens is 1. The number of aliphatic imine (C=N–C) groups is 1. The molecule has 0 aromatic heterocycles. The van der Waals surface area contributed by atoms with E-state index in [1.54, 1.807) is 14.2 Å². The quantitative estimate of drug-likeness (QED) is 0.190. The lowest BCUT2D eigenvalue weighted by atomic mass is 9.84. The first-order valence-corrected chi connectivity index (χ1v) is 10.5. The number of hydrogen-bond acceptors (Lipinski definition) is 5. The predicted octanol–water partition coefficient (Wildman–Crippen LogP) is 3.00. The minimum atomic E-state index is 0. The molecule has 3 N–H and O–H groups in total. The van der Waals surface area contributed by atoms with Crippen molar-refractivity contribution in [3.63, 3.8) is 0 Å². The van der Waals surface area contributed by atoms with Crippen LogP contribution in [0.1, 0.15) is 19.8 Å². The molecule has 1 aromatic rings. The summed E-state index contributed by atoms with van der Waals surface area (Å²) in [7, 11) is 3.49. The van der Waals surface area contributed by atoms with Gasteiger partial charge in [0.25, 0.3) is 0 Å². The van der Waals surface area contributed by atoms with Crippen LogP contribution in [0.4, 0.5) is 0 Å². The number of ether oxygens (including phenoxy) is 2. The van der Waals surface area contributed by atoms with Gasteiger partial charge < -0.3 is 25.2 Å². The maximum atomic E-state index is 9.34. The molecule has 2 atom stereocenters. The van der Waals surface area contributed by atoms with Crippen molar-refractivity contribution in [3.8, 4) is 5.75 Å². The molecule has 0 amide bonds. The summed E-state index contributed by atoms with van der Waals surface area (Å²) < 4.78 is 11.0. The van der Waals surface area contributed by atoms with Crippen molar-refractivity contribution in [3.05, 3.63) is 24.3 Å². The molecule has 0 spiro atoms. The summed E-state index contributed by atoms with van der Waals surface area (Å²) in [5.74, 6) is 3.19. The molecule has 1 aliphatic rings. The topological polar surface area (TPSA) is 75.1 Å². The number of rotatable bonds is 10. The molecule has 0 bridgehead atoms. The Morgan fingerprint density at radius 1 is 1.39 bits per heavy atom. The first kappa shape index (κ1) is 25.3. The van der Waals surface area contributed by atoms with E-state index in [-0.39, 0.29) is 36.0 Å². The number of benzene rings is 1. The van der Waals surface area contributed by atoms with Gasteiger partial charge in [-0.15, -0.1) is 35.7 Å². The van der Waals surface area contributed by atoms with Crippen LogP contribution in [0.5, 0.6) is 5.75 Å². The molecular weight excluding hydrogens is 489 g/mol. The van der Waals surface area contributed by atoms with Gasteiger partial charge in [-0.2, -0.15) is 0 Å². The lowest BCUT2D eigenvalue weighted by molar-refractivity contribution is 0.127. The second kappa shape index (κ2) is 13.5. The van der Waals surface area contributed by atoms with E-state index in [4.69, 9.17) is 9.47 Å². The monoisotopic (exact) mass is 523 g/mol. The van der Waals surface area contributed by atoms with Gasteiger partial charge in [0, 0.05) is 49.4 Å². The molecule has 160 valence electrons. The van der Waals surface area contributed by atoms with Gasteiger partial charge in [0.05, 0.1) is 13.7 Å². The van der Waals surface area contributed by atoms with Crippen LogP contribution in [0.15, 0.2) is 34.2 Å². The normalized spacial score (nSPS) is 20.4. The fraction of sp³-hybridized carbons (Fsp3) is 0.650. The highest BCUT2D eigenvalue weighted by atomic mass is 127. The molecule has 28 heavy (non-hydrogen) atoms. The Kier molecular flexibility index (Phi) is 12.2. The summed E-state index contributed by atoms with van der Waals surface area (Å²) in [6, 6.07) is 8.11. The van der Waals surface area contributed by atoms with E-state index in [1.165, 1.54) is 4.90 Å². The molecule has 1 heterocycles. The van der Waals surface area contributed by atoms with Crippen LogP contribution in [0.25, 0.3) is 0 Å². The van der Waals surface area contributed by atoms with E-state index in [2.05, 4.69) is 28.6 Å². The summed E-state index contributed by atoms with van der Waals surface area (Å²) >= 11 is 1.81. The maximum Gasteiger partial charge on any atom is 0.191 e. The summed E-state index contributed by atoms with van der Waals surface area (Å²) in [5, 5.41) is 16.2. The van der Waals surface area contributed by atoms with E-state index in [0.29, 0.717) is 12.5 Å².